The maximum Gasteiger partial charge on any atom is 0.411 e. The number of carboxylic acid groups (broad SMARTS) is 1. The highest BCUT2D eigenvalue weighted by Gasteiger charge is 2.42. The SMILES string of the molecule is CC(C)(C)OC(=O)N1C[C@H](Oc2cccnc2)C[C@H]1C(=O)O. The third kappa shape index (κ3) is 4.09. The van der Waals surface area contributed by atoms with Gasteiger partial charge in [-0.15, -0.1) is 0 Å². The van der Waals surface area contributed by atoms with E-state index in [0.29, 0.717) is 5.75 Å². The third-order valence-corrected chi connectivity index (χ3v) is 3.11. The normalized spacial score (nSPS) is 21.5. The van der Waals surface area contributed by atoms with Gasteiger partial charge in [0.2, 0.25) is 0 Å². The highest BCUT2D eigenvalue weighted by Crippen LogP contribution is 2.25. The fraction of sp³-hybridized carbons (Fsp3) is 0.533. The molecule has 1 amide bonds. The standard InChI is InChI=1S/C15H20N2O5/c1-15(2,3)22-14(20)17-9-11(7-12(17)13(18)19)21-10-5-4-6-16-8-10/h4-6,8,11-12H,7,9H2,1-3H3,(H,18,19)/t11-,12+/m1/s1. The highest BCUT2D eigenvalue weighted by atomic mass is 16.6. The molecule has 2 heterocycles. The topological polar surface area (TPSA) is 89.0 Å². The van der Waals surface area contributed by atoms with Gasteiger partial charge in [0.15, 0.2) is 0 Å². The molecule has 1 aromatic heterocycles. The van der Waals surface area contributed by atoms with E-state index < -0.39 is 29.8 Å². The van der Waals surface area contributed by atoms with Crippen molar-refractivity contribution in [3.63, 3.8) is 0 Å². The third-order valence-electron chi connectivity index (χ3n) is 3.11. The molecule has 1 aromatic rings. The van der Waals surface area contributed by atoms with Crippen molar-refractivity contribution in [1.82, 2.24) is 9.88 Å². The number of amides is 1. The summed E-state index contributed by atoms with van der Waals surface area (Å²) in [6.07, 6.45) is 2.33. The van der Waals surface area contributed by atoms with Gasteiger partial charge in [-0.05, 0) is 32.9 Å². The lowest BCUT2D eigenvalue weighted by Gasteiger charge is -2.26. The van der Waals surface area contributed by atoms with Crippen molar-refractivity contribution >= 4 is 12.1 Å². The number of carboxylic acids is 1. The van der Waals surface area contributed by atoms with Gasteiger partial charge < -0.3 is 14.6 Å². The van der Waals surface area contributed by atoms with E-state index in [1.165, 1.54) is 4.90 Å². The van der Waals surface area contributed by atoms with Crippen molar-refractivity contribution in [3.05, 3.63) is 24.5 Å². The summed E-state index contributed by atoms with van der Waals surface area (Å²) < 4.78 is 10.9. The molecule has 0 unspecified atom stereocenters. The van der Waals surface area contributed by atoms with Gasteiger partial charge in [0.05, 0.1) is 12.7 Å². The lowest BCUT2D eigenvalue weighted by Crippen LogP contribution is -2.43. The Morgan fingerprint density at radius 3 is 2.68 bits per heavy atom. The average molecular weight is 308 g/mol. The first-order valence-corrected chi connectivity index (χ1v) is 7.05. The number of likely N-dealkylation sites (tertiary alicyclic amines) is 1. The van der Waals surface area contributed by atoms with Crippen LogP contribution in [-0.4, -0.2) is 51.3 Å². The molecule has 1 fully saturated rings. The monoisotopic (exact) mass is 308 g/mol. The summed E-state index contributed by atoms with van der Waals surface area (Å²) >= 11 is 0. The maximum atomic E-state index is 12.1. The van der Waals surface area contributed by atoms with E-state index in [0.717, 1.165) is 0 Å². The molecule has 1 aliphatic heterocycles. The summed E-state index contributed by atoms with van der Waals surface area (Å²) in [6, 6.07) is 2.51. The van der Waals surface area contributed by atoms with Gasteiger partial charge in [-0.3, -0.25) is 9.88 Å². The summed E-state index contributed by atoms with van der Waals surface area (Å²) in [7, 11) is 0. The van der Waals surface area contributed by atoms with E-state index >= 15 is 0 Å². The molecule has 0 bridgehead atoms. The van der Waals surface area contributed by atoms with Crippen LogP contribution >= 0.6 is 0 Å². The zero-order valence-corrected chi connectivity index (χ0v) is 12.9. The molecule has 7 heteroatoms. The van der Waals surface area contributed by atoms with Gasteiger partial charge in [-0.1, -0.05) is 0 Å². The fourth-order valence-corrected chi connectivity index (χ4v) is 2.25. The Labute approximate surface area is 128 Å². The van der Waals surface area contributed by atoms with Gasteiger partial charge in [0, 0.05) is 12.6 Å². The molecule has 7 nitrogen and oxygen atoms in total. The molecular formula is C15H20N2O5. The van der Waals surface area contributed by atoms with Crippen LogP contribution in [0.15, 0.2) is 24.5 Å². The summed E-state index contributed by atoms with van der Waals surface area (Å²) in [5.41, 5.74) is -0.678. The molecule has 0 aromatic carbocycles. The number of aromatic nitrogens is 1. The largest absolute Gasteiger partial charge is 0.487 e. The van der Waals surface area contributed by atoms with Gasteiger partial charge in [0.25, 0.3) is 0 Å². The summed E-state index contributed by atoms with van der Waals surface area (Å²) in [4.78, 5) is 28.6. The van der Waals surface area contributed by atoms with Gasteiger partial charge in [-0.2, -0.15) is 0 Å². The minimum Gasteiger partial charge on any atom is -0.487 e. The van der Waals surface area contributed by atoms with E-state index in [4.69, 9.17) is 9.47 Å². The molecule has 1 saturated heterocycles. The van der Waals surface area contributed by atoms with Crippen molar-refractivity contribution in [2.75, 3.05) is 6.54 Å². The molecule has 0 spiro atoms. The minimum absolute atomic E-state index is 0.167. The van der Waals surface area contributed by atoms with E-state index in [-0.39, 0.29) is 13.0 Å². The Balaban J connectivity index is 2.06. The van der Waals surface area contributed by atoms with E-state index in [1.807, 2.05) is 0 Å². The van der Waals surface area contributed by atoms with Crippen LogP contribution in [0.3, 0.4) is 0 Å². The number of rotatable bonds is 3. The van der Waals surface area contributed by atoms with Crippen molar-refractivity contribution in [2.45, 2.75) is 44.9 Å². The zero-order chi connectivity index (χ0) is 16.3. The Hall–Kier alpha value is -2.31. The number of carbonyl (C=O) groups is 2. The molecule has 22 heavy (non-hydrogen) atoms. The Kier molecular flexibility index (Phi) is 4.54. The predicted molar refractivity (Wildman–Crippen MR) is 77.6 cm³/mol. The van der Waals surface area contributed by atoms with Crippen LogP contribution in [-0.2, 0) is 9.53 Å². The molecule has 0 aliphatic carbocycles. The first-order chi connectivity index (χ1) is 10.3. The average Bonchev–Trinajstić information content (AvgIpc) is 2.82. The summed E-state index contributed by atoms with van der Waals surface area (Å²) in [6.45, 7) is 5.38. The number of hydrogen-bond donors (Lipinski definition) is 1. The van der Waals surface area contributed by atoms with Gasteiger partial charge in [-0.25, -0.2) is 9.59 Å². The van der Waals surface area contributed by atoms with Crippen LogP contribution in [0.1, 0.15) is 27.2 Å². The first kappa shape index (κ1) is 16.1. The van der Waals surface area contributed by atoms with Crippen LogP contribution in [0.2, 0.25) is 0 Å². The number of nitrogens with zero attached hydrogens (tertiary/aromatic N) is 2. The molecule has 0 saturated carbocycles. The fourth-order valence-electron chi connectivity index (χ4n) is 2.25. The Morgan fingerprint density at radius 2 is 2.14 bits per heavy atom. The van der Waals surface area contributed by atoms with Crippen LogP contribution < -0.4 is 4.74 Å². The number of aliphatic carboxylic acids is 1. The molecular weight excluding hydrogens is 288 g/mol. The van der Waals surface area contributed by atoms with Gasteiger partial charge >= 0.3 is 12.1 Å². The predicted octanol–water partition coefficient (Wildman–Crippen LogP) is 1.92. The molecule has 2 rings (SSSR count). The first-order valence-electron chi connectivity index (χ1n) is 7.05. The lowest BCUT2D eigenvalue weighted by atomic mass is 10.2. The summed E-state index contributed by atoms with van der Waals surface area (Å²) in [5, 5.41) is 9.30. The molecule has 1 N–H and O–H groups in total. The van der Waals surface area contributed by atoms with Crippen LogP contribution in [0.25, 0.3) is 0 Å². The smallest absolute Gasteiger partial charge is 0.411 e. The van der Waals surface area contributed by atoms with Gasteiger partial charge in [0.1, 0.15) is 23.5 Å². The van der Waals surface area contributed by atoms with E-state index in [2.05, 4.69) is 4.98 Å². The van der Waals surface area contributed by atoms with Crippen LogP contribution in [0.5, 0.6) is 5.75 Å². The number of pyridine rings is 1. The molecule has 2 atom stereocenters. The zero-order valence-electron chi connectivity index (χ0n) is 12.9. The highest BCUT2D eigenvalue weighted by molar-refractivity contribution is 5.81. The summed E-state index contributed by atoms with van der Waals surface area (Å²) in [5.74, 6) is -0.522. The minimum atomic E-state index is -1.07. The lowest BCUT2D eigenvalue weighted by molar-refractivity contribution is -0.142. The van der Waals surface area contributed by atoms with Crippen molar-refractivity contribution in [2.24, 2.45) is 0 Å². The number of carbonyl (C=O) groups excluding carboxylic acids is 1. The van der Waals surface area contributed by atoms with Crippen LogP contribution in [0.4, 0.5) is 4.79 Å². The van der Waals surface area contributed by atoms with Crippen molar-refractivity contribution in [3.8, 4) is 5.75 Å². The van der Waals surface area contributed by atoms with E-state index in [9.17, 15) is 14.7 Å². The molecule has 1 aliphatic rings. The second-order valence-corrected chi connectivity index (χ2v) is 6.15. The maximum absolute atomic E-state index is 12.1. The Morgan fingerprint density at radius 1 is 1.41 bits per heavy atom. The van der Waals surface area contributed by atoms with Crippen LogP contribution in [0, 0.1) is 0 Å². The second-order valence-electron chi connectivity index (χ2n) is 6.15. The van der Waals surface area contributed by atoms with E-state index in [1.54, 1.807) is 45.3 Å². The quantitative estimate of drug-likeness (QED) is 0.917. The molecule has 0 radical (unpaired) electrons. The molecule has 120 valence electrons. The Bertz CT molecular complexity index is 541. The second kappa shape index (κ2) is 6.21. The number of hydrogen-bond acceptors (Lipinski definition) is 5. The van der Waals surface area contributed by atoms with Crippen molar-refractivity contribution < 1.29 is 24.2 Å². The van der Waals surface area contributed by atoms with Crippen molar-refractivity contribution in [1.29, 1.82) is 0 Å². The number of ether oxygens (including phenoxy) is 2.